The van der Waals surface area contributed by atoms with Crippen molar-refractivity contribution in [2.45, 2.75) is 70.1 Å². The van der Waals surface area contributed by atoms with Gasteiger partial charge in [-0.05, 0) is 48.9 Å². The van der Waals surface area contributed by atoms with Crippen LogP contribution in [0.5, 0.6) is 5.75 Å². The van der Waals surface area contributed by atoms with Crippen LogP contribution in [0, 0.1) is 18.8 Å². The molecule has 2 atom stereocenters. The topological polar surface area (TPSA) is 68.4 Å². The van der Waals surface area contributed by atoms with Crippen LogP contribution in [-0.4, -0.2) is 45.5 Å². The monoisotopic (exact) mass is 522 g/mol. The lowest BCUT2D eigenvalue weighted by atomic mass is 9.73. The van der Waals surface area contributed by atoms with E-state index < -0.39 is 5.60 Å². The number of fused-ring (bicyclic) bond motifs is 3. The van der Waals surface area contributed by atoms with Crippen molar-refractivity contribution in [3.63, 3.8) is 0 Å². The first-order valence-electron chi connectivity index (χ1n) is 13.8. The van der Waals surface area contributed by atoms with Gasteiger partial charge in [0.25, 0.3) is 5.89 Å². The van der Waals surface area contributed by atoms with Gasteiger partial charge in [-0.1, -0.05) is 72.4 Å². The number of benzene rings is 2. The van der Waals surface area contributed by atoms with Crippen molar-refractivity contribution in [2.24, 2.45) is 11.8 Å². The lowest BCUT2D eigenvalue weighted by Crippen LogP contribution is -2.64. The Labute approximate surface area is 224 Å². The molecule has 4 heterocycles. The van der Waals surface area contributed by atoms with Gasteiger partial charge in [-0.3, -0.25) is 0 Å². The highest BCUT2D eigenvalue weighted by molar-refractivity contribution is 6.31. The Hall–Kier alpha value is -2.41. The molecule has 3 aliphatic heterocycles. The van der Waals surface area contributed by atoms with Crippen molar-refractivity contribution in [3.05, 3.63) is 76.4 Å². The fourth-order valence-electron chi connectivity index (χ4n) is 6.92. The zero-order valence-electron chi connectivity index (χ0n) is 21.6. The van der Waals surface area contributed by atoms with E-state index in [9.17, 15) is 5.11 Å². The third-order valence-corrected chi connectivity index (χ3v) is 9.57. The first-order chi connectivity index (χ1) is 18.0. The van der Waals surface area contributed by atoms with Crippen LogP contribution in [0.1, 0.15) is 67.8 Å². The Morgan fingerprint density at radius 3 is 2.54 bits per heavy atom. The summed E-state index contributed by atoms with van der Waals surface area (Å²) in [7, 11) is 0. The number of aryl methyl sites for hydroxylation is 1. The third-order valence-electron chi connectivity index (χ3n) is 9.16. The summed E-state index contributed by atoms with van der Waals surface area (Å²) in [6.45, 7) is 5.76. The third kappa shape index (κ3) is 4.80. The summed E-state index contributed by atoms with van der Waals surface area (Å²) >= 11 is 6.35. The molecule has 1 saturated carbocycles. The Kier molecular flexibility index (Phi) is 6.76. The van der Waals surface area contributed by atoms with E-state index in [0.29, 0.717) is 24.2 Å². The summed E-state index contributed by atoms with van der Waals surface area (Å²) in [4.78, 5) is 4.87. The molecule has 2 bridgehead atoms. The lowest BCUT2D eigenvalue weighted by Gasteiger charge is -2.51. The average molecular weight is 523 g/mol. The highest BCUT2D eigenvalue weighted by Gasteiger charge is 2.49. The fraction of sp³-hybridized carbons (Fsp3) is 0.533. The molecule has 0 radical (unpaired) electrons. The molecule has 7 heteroatoms. The lowest BCUT2D eigenvalue weighted by molar-refractivity contribution is -0.959. The van der Waals surface area contributed by atoms with Crippen LogP contribution < -0.4 is 4.74 Å². The van der Waals surface area contributed by atoms with Crippen LogP contribution in [0.3, 0.4) is 0 Å². The van der Waals surface area contributed by atoms with E-state index in [1.165, 1.54) is 6.42 Å². The highest BCUT2D eigenvalue weighted by atomic mass is 35.5. The van der Waals surface area contributed by atoms with Crippen molar-refractivity contribution in [3.8, 4) is 5.75 Å². The first kappa shape index (κ1) is 24.9. The highest BCUT2D eigenvalue weighted by Crippen LogP contribution is 2.43. The van der Waals surface area contributed by atoms with Crippen LogP contribution in [0.25, 0.3) is 0 Å². The molecule has 6 nitrogen and oxygen atoms in total. The summed E-state index contributed by atoms with van der Waals surface area (Å²) in [6, 6.07) is 15.9. The van der Waals surface area contributed by atoms with Crippen LogP contribution >= 0.6 is 11.6 Å². The predicted molar refractivity (Wildman–Crippen MR) is 142 cm³/mol. The van der Waals surface area contributed by atoms with E-state index in [0.717, 1.165) is 84.5 Å². The number of hydrogen-bond acceptors (Lipinski definition) is 5. The number of piperidine rings is 3. The minimum atomic E-state index is -1.23. The zero-order chi connectivity index (χ0) is 25.5. The molecule has 1 aromatic heterocycles. The van der Waals surface area contributed by atoms with E-state index in [1.54, 1.807) is 0 Å². The molecule has 1 N–H and O–H groups in total. The average Bonchev–Trinajstić information content (AvgIpc) is 3.40. The smallest absolute Gasteiger partial charge is 0.282 e. The van der Waals surface area contributed by atoms with Gasteiger partial charge in [0.2, 0.25) is 5.82 Å². The number of nitrogens with zero attached hydrogens (tertiary/aromatic N) is 3. The summed E-state index contributed by atoms with van der Waals surface area (Å²) in [5.41, 5.74) is 0.682. The Morgan fingerprint density at radius 1 is 1.05 bits per heavy atom. The summed E-state index contributed by atoms with van der Waals surface area (Å²) in [6.07, 6.45) is 7.81. The molecule has 0 spiro atoms. The number of aliphatic hydroxyl groups is 1. The number of aromatic nitrogens is 2. The largest absolute Gasteiger partial charge is 0.484 e. The second kappa shape index (κ2) is 10.0. The van der Waals surface area contributed by atoms with Crippen LogP contribution in [-0.2, 0) is 12.1 Å². The molecule has 1 aliphatic carbocycles. The van der Waals surface area contributed by atoms with Crippen LogP contribution in [0.2, 0.25) is 5.02 Å². The minimum Gasteiger partial charge on any atom is -0.484 e. The number of quaternary nitrogens is 1. The first-order valence-corrected chi connectivity index (χ1v) is 14.2. The zero-order valence-corrected chi connectivity index (χ0v) is 22.4. The predicted octanol–water partition coefficient (Wildman–Crippen LogP) is 6.04. The molecular weight excluding hydrogens is 486 g/mol. The fourth-order valence-corrected chi connectivity index (χ4v) is 7.09. The number of halogens is 1. The molecular formula is C30H37ClN3O3+. The van der Waals surface area contributed by atoms with Crippen molar-refractivity contribution < 1.29 is 18.8 Å². The van der Waals surface area contributed by atoms with E-state index in [4.69, 9.17) is 25.8 Å². The summed E-state index contributed by atoms with van der Waals surface area (Å²) < 4.78 is 13.2. The van der Waals surface area contributed by atoms with Gasteiger partial charge >= 0.3 is 0 Å². The standard InChI is InChI=1S/C30H37ClN3O3/c1-21-12-13-25(18-26(21)31)36-27-19-34(16-14-22(27)15-17-34)20-28-32-29(33-37-28)30(35,23-8-4-2-5-9-23)24-10-6-3-7-11-24/h2,4-5,8-9,12-13,18,22,24,27,35H,3,6-7,10-11,14-17,19-20H2,1H3/q+1. The number of ether oxygens (including phenoxy) is 1. The van der Waals surface area contributed by atoms with E-state index in [2.05, 4.69) is 5.16 Å². The molecule has 196 valence electrons. The maximum Gasteiger partial charge on any atom is 0.282 e. The van der Waals surface area contributed by atoms with Gasteiger partial charge in [0, 0.05) is 23.8 Å². The molecule has 3 saturated heterocycles. The van der Waals surface area contributed by atoms with Crippen LogP contribution in [0.15, 0.2) is 53.1 Å². The van der Waals surface area contributed by atoms with E-state index in [-0.39, 0.29) is 12.0 Å². The van der Waals surface area contributed by atoms with Crippen molar-refractivity contribution in [1.82, 2.24) is 10.1 Å². The SMILES string of the molecule is Cc1ccc(OC2C[N+]3(Cc4nc(C(O)(c5ccccc5)C5CCCCC5)no4)CCC2CC3)cc1Cl. The molecule has 4 fully saturated rings. The molecule has 7 rings (SSSR count). The van der Waals surface area contributed by atoms with Gasteiger partial charge in [-0.25, -0.2) is 0 Å². The number of hydrogen-bond donors (Lipinski definition) is 1. The normalized spacial score (nSPS) is 27.6. The van der Waals surface area contributed by atoms with Gasteiger partial charge in [-0.2, -0.15) is 4.98 Å². The van der Waals surface area contributed by atoms with Gasteiger partial charge in [0.15, 0.2) is 18.2 Å². The maximum atomic E-state index is 12.2. The molecule has 2 aromatic carbocycles. The van der Waals surface area contributed by atoms with E-state index in [1.807, 2.05) is 55.5 Å². The van der Waals surface area contributed by atoms with Gasteiger partial charge < -0.3 is 18.8 Å². The summed E-state index contributed by atoms with van der Waals surface area (Å²) in [5, 5.41) is 17.3. The Morgan fingerprint density at radius 2 is 1.81 bits per heavy atom. The molecule has 0 amide bonds. The van der Waals surface area contributed by atoms with Gasteiger partial charge in [0.1, 0.15) is 12.3 Å². The summed E-state index contributed by atoms with van der Waals surface area (Å²) in [5.74, 6) is 2.51. The van der Waals surface area contributed by atoms with Gasteiger partial charge in [-0.15, -0.1) is 0 Å². The number of rotatable bonds is 7. The van der Waals surface area contributed by atoms with E-state index >= 15 is 0 Å². The van der Waals surface area contributed by atoms with Crippen molar-refractivity contribution in [1.29, 1.82) is 0 Å². The Bertz CT molecular complexity index is 1220. The van der Waals surface area contributed by atoms with Crippen molar-refractivity contribution in [2.75, 3.05) is 19.6 Å². The molecule has 37 heavy (non-hydrogen) atoms. The molecule has 2 unspecified atom stereocenters. The molecule has 3 aromatic rings. The van der Waals surface area contributed by atoms with Crippen LogP contribution in [0.4, 0.5) is 0 Å². The second-order valence-electron chi connectivity index (χ2n) is 11.5. The minimum absolute atomic E-state index is 0.0889. The maximum absolute atomic E-state index is 12.2. The molecule has 4 aliphatic rings. The Balaban J connectivity index is 1.23. The second-order valence-corrected chi connectivity index (χ2v) is 11.9. The van der Waals surface area contributed by atoms with Gasteiger partial charge in [0.05, 0.1) is 13.1 Å². The quantitative estimate of drug-likeness (QED) is 0.383. The van der Waals surface area contributed by atoms with Crippen molar-refractivity contribution >= 4 is 11.6 Å².